The van der Waals surface area contributed by atoms with Crippen LogP contribution < -0.4 is 0 Å². The van der Waals surface area contributed by atoms with Crippen molar-refractivity contribution in [3.05, 3.63) is 217 Å². The minimum Gasteiger partial charge on any atom is -0.279 e. The number of pyridine rings is 1. The number of benzene rings is 8. The highest BCUT2D eigenvalue weighted by Gasteiger charge is 2.27. The Balaban J connectivity index is 1.28. The van der Waals surface area contributed by atoms with Crippen LogP contribution in [0.1, 0.15) is 31.9 Å². The minimum atomic E-state index is -0.0564. The van der Waals surface area contributed by atoms with Gasteiger partial charge < -0.3 is 0 Å². The zero-order chi connectivity index (χ0) is 42.7. The van der Waals surface area contributed by atoms with Gasteiger partial charge >= 0.3 is 0 Å². The standard InChI is InChI=1S/C59H46N4/c1-39-48(41-23-11-6-12-24-41)38-50(43-27-15-8-16-28-43)60-56(39)47-31-20-34-54-57(47)61-58(63(54)52-36-35-44(59(2,3)4)37-49(52)42-25-13-7-14-26-42)62-51-32-18-17-29-46(51)55-45(30-19-33-53(55)62)40-21-9-5-10-22-40/h5-38H,1-4H3. The van der Waals surface area contributed by atoms with Crippen LogP contribution in [0.5, 0.6) is 0 Å². The van der Waals surface area contributed by atoms with E-state index in [4.69, 9.17) is 9.97 Å². The molecule has 3 heterocycles. The van der Waals surface area contributed by atoms with Gasteiger partial charge in [-0.05, 0) is 87.7 Å². The summed E-state index contributed by atoms with van der Waals surface area (Å²) in [7, 11) is 0. The molecule has 0 aliphatic carbocycles. The second kappa shape index (κ2) is 15.3. The first-order valence-corrected chi connectivity index (χ1v) is 21.8. The maximum Gasteiger partial charge on any atom is 0.220 e. The Kier molecular flexibility index (Phi) is 9.24. The zero-order valence-electron chi connectivity index (χ0n) is 35.9. The van der Waals surface area contributed by atoms with Crippen LogP contribution in [0.25, 0.3) is 100 Å². The van der Waals surface area contributed by atoms with Crippen LogP contribution in [0.4, 0.5) is 0 Å². The second-order valence-corrected chi connectivity index (χ2v) is 17.4. The molecule has 0 bridgehead atoms. The number of nitrogens with zero attached hydrogens (tertiary/aromatic N) is 4. The lowest BCUT2D eigenvalue weighted by Gasteiger charge is -2.23. The van der Waals surface area contributed by atoms with Crippen LogP contribution in [-0.4, -0.2) is 19.1 Å². The lowest BCUT2D eigenvalue weighted by Crippen LogP contribution is -2.12. The molecule has 0 saturated carbocycles. The molecule has 0 N–H and O–H groups in total. The van der Waals surface area contributed by atoms with Gasteiger partial charge in [0.2, 0.25) is 5.95 Å². The highest BCUT2D eigenvalue weighted by molar-refractivity contribution is 6.16. The van der Waals surface area contributed by atoms with Crippen LogP contribution in [0.15, 0.2) is 206 Å². The number of hydrogen-bond acceptors (Lipinski definition) is 2. The van der Waals surface area contributed by atoms with E-state index in [1.807, 2.05) is 0 Å². The van der Waals surface area contributed by atoms with Crippen molar-refractivity contribution in [1.82, 2.24) is 19.1 Å². The Labute approximate surface area is 368 Å². The van der Waals surface area contributed by atoms with E-state index in [1.54, 1.807) is 0 Å². The number of imidazole rings is 1. The molecule has 63 heavy (non-hydrogen) atoms. The Morgan fingerprint density at radius 1 is 0.413 bits per heavy atom. The minimum absolute atomic E-state index is 0.0564. The second-order valence-electron chi connectivity index (χ2n) is 17.4. The third kappa shape index (κ3) is 6.54. The molecule has 8 aromatic carbocycles. The molecular weight excluding hydrogens is 765 g/mol. The van der Waals surface area contributed by atoms with Crippen LogP contribution in [0.2, 0.25) is 0 Å². The normalized spacial score (nSPS) is 11.8. The van der Waals surface area contributed by atoms with E-state index in [0.717, 1.165) is 84.0 Å². The fourth-order valence-electron chi connectivity index (χ4n) is 9.35. The lowest BCUT2D eigenvalue weighted by atomic mass is 9.85. The quantitative estimate of drug-likeness (QED) is 0.161. The van der Waals surface area contributed by atoms with Gasteiger partial charge in [0.05, 0.1) is 33.6 Å². The van der Waals surface area contributed by atoms with E-state index in [2.05, 4.69) is 243 Å². The van der Waals surface area contributed by atoms with E-state index in [1.165, 1.54) is 27.5 Å². The molecule has 0 unspecified atom stereocenters. The molecule has 0 amide bonds. The van der Waals surface area contributed by atoms with Gasteiger partial charge in [-0.3, -0.25) is 9.13 Å². The monoisotopic (exact) mass is 810 g/mol. The van der Waals surface area contributed by atoms with E-state index in [0.29, 0.717) is 0 Å². The van der Waals surface area contributed by atoms with Crippen molar-refractivity contribution in [3.63, 3.8) is 0 Å². The van der Waals surface area contributed by atoms with Gasteiger partial charge in [-0.25, -0.2) is 9.97 Å². The molecule has 302 valence electrons. The summed E-state index contributed by atoms with van der Waals surface area (Å²) in [6, 6.07) is 73.9. The summed E-state index contributed by atoms with van der Waals surface area (Å²) >= 11 is 0. The predicted molar refractivity (Wildman–Crippen MR) is 264 cm³/mol. The molecule has 0 aliphatic heterocycles. The highest BCUT2D eigenvalue weighted by atomic mass is 15.3. The van der Waals surface area contributed by atoms with Crippen molar-refractivity contribution >= 4 is 32.8 Å². The molecule has 0 atom stereocenters. The predicted octanol–water partition coefficient (Wildman–Crippen LogP) is 15.5. The van der Waals surface area contributed by atoms with E-state index >= 15 is 0 Å². The largest absolute Gasteiger partial charge is 0.279 e. The van der Waals surface area contributed by atoms with Gasteiger partial charge in [0.1, 0.15) is 5.52 Å². The fraction of sp³-hybridized carbons (Fsp3) is 0.0847. The summed E-state index contributed by atoms with van der Waals surface area (Å²) in [6.45, 7) is 9.05. The average molecular weight is 811 g/mol. The zero-order valence-corrected chi connectivity index (χ0v) is 35.9. The van der Waals surface area contributed by atoms with Crippen molar-refractivity contribution in [2.24, 2.45) is 0 Å². The summed E-state index contributed by atoms with van der Waals surface area (Å²) in [6.07, 6.45) is 0. The first-order valence-electron chi connectivity index (χ1n) is 21.8. The third-order valence-corrected chi connectivity index (χ3v) is 12.5. The number of fused-ring (bicyclic) bond motifs is 4. The molecule has 11 rings (SSSR count). The van der Waals surface area contributed by atoms with Crippen molar-refractivity contribution in [3.8, 4) is 67.5 Å². The Morgan fingerprint density at radius 2 is 0.952 bits per heavy atom. The molecule has 0 fully saturated rings. The first-order chi connectivity index (χ1) is 30.8. The Hall–Kier alpha value is -7.82. The summed E-state index contributed by atoms with van der Waals surface area (Å²) in [5.74, 6) is 0.815. The molecule has 4 nitrogen and oxygen atoms in total. The molecule has 0 spiro atoms. The molecule has 4 heteroatoms. The summed E-state index contributed by atoms with van der Waals surface area (Å²) in [4.78, 5) is 11.4. The number of para-hydroxylation sites is 2. The molecule has 11 aromatic rings. The van der Waals surface area contributed by atoms with Crippen LogP contribution in [-0.2, 0) is 5.41 Å². The van der Waals surface area contributed by atoms with Crippen molar-refractivity contribution in [1.29, 1.82) is 0 Å². The third-order valence-electron chi connectivity index (χ3n) is 12.5. The summed E-state index contributed by atoms with van der Waals surface area (Å²) in [5, 5.41) is 2.38. The van der Waals surface area contributed by atoms with Crippen molar-refractivity contribution in [2.75, 3.05) is 0 Å². The van der Waals surface area contributed by atoms with E-state index in [9.17, 15) is 0 Å². The SMILES string of the molecule is Cc1c(-c2ccccc2)cc(-c2ccccc2)nc1-c1cccc2c1nc(-n1c3ccccc3c3c(-c4ccccc4)cccc31)n2-c1ccc(C(C)(C)C)cc1-c1ccccc1. The van der Waals surface area contributed by atoms with Crippen LogP contribution in [0, 0.1) is 6.92 Å². The fourth-order valence-corrected chi connectivity index (χ4v) is 9.35. The smallest absolute Gasteiger partial charge is 0.220 e. The van der Waals surface area contributed by atoms with Gasteiger partial charge in [0.15, 0.2) is 0 Å². The van der Waals surface area contributed by atoms with Gasteiger partial charge in [0.25, 0.3) is 0 Å². The van der Waals surface area contributed by atoms with Crippen LogP contribution >= 0.6 is 0 Å². The average Bonchev–Trinajstić information content (AvgIpc) is 3.88. The van der Waals surface area contributed by atoms with Gasteiger partial charge in [-0.15, -0.1) is 0 Å². The highest BCUT2D eigenvalue weighted by Crippen LogP contribution is 2.43. The summed E-state index contributed by atoms with van der Waals surface area (Å²) in [5.41, 5.74) is 18.3. The van der Waals surface area contributed by atoms with Gasteiger partial charge in [-0.1, -0.05) is 191 Å². The van der Waals surface area contributed by atoms with Crippen molar-refractivity contribution < 1.29 is 0 Å². The molecule has 0 saturated heterocycles. The number of hydrogen-bond donors (Lipinski definition) is 0. The topological polar surface area (TPSA) is 35.6 Å². The van der Waals surface area contributed by atoms with Gasteiger partial charge in [-0.2, -0.15) is 0 Å². The molecule has 0 aliphatic rings. The summed E-state index contributed by atoms with van der Waals surface area (Å²) < 4.78 is 4.77. The maximum absolute atomic E-state index is 5.85. The van der Waals surface area contributed by atoms with Gasteiger partial charge in [0, 0.05) is 27.5 Å². The van der Waals surface area contributed by atoms with E-state index in [-0.39, 0.29) is 5.41 Å². The van der Waals surface area contributed by atoms with Crippen molar-refractivity contribution in [2.45, 2.75) is 33.1 Å². The molecule has 3 aromatic heterocycles. The Bertz CT molecular complexity index is 3470. The molecular formula is C59H46N4. The van der Waals surface area contributed by atoms with Crippen LogP contribution in [0.3, 0.4) is 0 Å². The number of rotatable bonds is 7. The van der Waals surface area contributed by atoms with E-state index < -0.39 is 0 Å². The number of aromatic nitrogens is 4. The lowest BCUT2D eigenvalue weighted by molar-refractivity contribution is 0.590. The maximum atomic E-state index is 5.85. The Morgan fingerprint density at radius 3 is 1.60 bits per heavy atom. The first kappa shape index (κ1) is 38.1. The molecule has 0 radical (unpaired) electrons.